The molecule has 0 amide bonds. The Hall–Kier alpha value is -5.86. The normalized spacial score (nSPS) is 23.3. The van der Waals surface area contributed by atoms with Crippen LogP contribution in [0.25, 0.3) is 55.3 Å². The molecule has 8 aromatic rings. The summed E-state index contributed by atoms with van der Waals surface area (Å²) in [5.41, 5.74) is 16.5. The second-order valence-corrected chi connectivity index (χ2v) is 16.9. The van der Waals surface area contributed by atoms with Gasteiger partial charge in [-0.2, -0.15) is 0 Å². The van der Waals surface area contributed by atoms with E-state index in [1.165, 1.54) is 89.0 Å². The minimum absolute atomic E-state index is 0.102. The Morgan fingerprint density at radius 3 is 2.00 bits per heavy atom. The predicted molar refractivity (Wildman–Crippen MR) is 227 cm³/mol. The lowest BCUT2D eigenvalue weighted by Crippen LogP contribution is -2.50. The molecule has 1 aromatic heterocycles. The first-order valence-electron chi connectivity index (χ1n) is 20.4. The minimum atomic E-state index is 0.102. The first-order valence-corrected chi connectivity index (χ1v) is 20.4. The summed E-state index contributed by atoms with van der Waals surface area (Å²) in [5.74, 6) is 3.38. The largest absolute Gasteiger partial charge is 0.456 e. The lowest BCUT2D eigenvalue weighted by molar-refractivity contribution is -0.0103. The molecule has 55 heavy (non-hydrogen) atoms. The minimum Gasteiger partial charge on any atom is -0.456 e. The van der Waals surface area contributed by atoms with Crippen LogP contribution in [0, 0.1) is 23.7 Å². The van der Waals surface area contributed by atoms with Crippen molar-refractivity contribution in [2.24, 2.45) is 23.7 Å². The third kappa shape index (κ3) is 4.73. The van der Waals surface area contributed by atoms with Crippen molar-refractivity contribution >= 4 is 39.0 Å². The molecule has 5 unspecified atom stereocenters. The lowest BCUT2D eigenvalue weighted by Gasteiger charge is -2.57. The topological polar surface area (TPSA) is 16.4 Å². The molecule has 4 aliphatic rings. The number of nitrogens with zero attached hydrogens (tertiary/aromatic N) is 1. The molecule has 0 radical (unpaired) electrons. The van der Waals surface area contributed by atoms with E-state index in [0.717, 1.165) is 39.7 Å². The molecule has 3 bridgehead atoms. The van der Waals surface area contributed by atoms with Gasteiger partial charge in [-0.3, -0.25) is 0 Å². The zero-order valence-corrected chi connectivity index (χ0v) is 31.0. The lowest BCUT2D eigenvalue weighted by atomic mass is 9.47. The average Bonchev–Trinajstić information content (AvgIpc) is 3.76. The summed E-state index contributed by atoms with van der Waals surface area (Å²) >= 11 is 0. The van der Waals surface area contributed by atoms with E-state index in [1.54, 1.807) is 11.1 Å². The van der Waals surface area contributed by atoms with E-state index >= 15 is 0 Å². The van der Waals surface area contributed by atoms with E-state index in [4.69, 9.17) is 4.42 Å². The number of para-hydroxylation sites is 1. The monoisotopic (exact) mass is 709 g/mol. The number of hydrogen-bond acceptors (Lipinski definition) is 2. The quantitative estimate of drug-likeness (QED) is 0.177. The fourth-order valence-electron chi connectivity index (χ4n) is 11.9. The molecular weight excluding hydrogens is 667 g/mol. The molecule has 2 nitrogen and oxygen atoms in total. The van der Waals surface area contributed by atoms with E-state index in [-0.39, 0.29) is 5.41 Å². The molecule has 1 heterocycles. The fraction of sp³-hybridized carbons (Fsp3) is 0.208. The second-order valence-electron chi connectivity index (χ2n) is 16.9. The van der Waals surface area contributed by atoms with Crippen LogP contribution in [0.2, 0.25) is 0 Å². The summed E-state index contributed by atoms with van der Waals surface area (Å²) < 4.78 is 6.16. The van der Waals surface area contributed by atoms with Crippen molar-refractivity contribution in [3.05, 3.63) is 175 Å². The zero-order valence-electron chi connectivity index (χ0n) is 31.0. The SMILES string of the molecule is c1ccc(-c2ccc(N(c3ccc(-c4ccc5oc6ccccc6c5c4)cc3)c3cccc4c3-c3ccccc3C43CC4CCC5CC4CC3C5)cc2)cc1. The van der Waals surface area contributed by atoms with Crippen LogP contribution in [0.1, 0.15) is 49.7 Å². The summed E-state index contributed by atoms with van der Waals surface area (Å²) in [7, 11) is 0. The molecule has 3 saturated carbocycles. The molecule has 12 rings (SSSR count). The summed E-state index contributed by atoms with van der Waals surface area (Å²) in [4.78, 5) is 2.53. The molecule has 2 heteroatoms. The Bertz CT molecular complexity index is 2740. The van der Waals surface area contributed by atoms with Crippen LogP contribution in [0.4, 0.5) is 17.1 Å². The highest BCUT2D eigenvalue weighted by Gasteiger charge is 2.57. The van der Waals surface area contributed by atoms with Crippen LogP contribution < -0.4 is 4.90 Å². The van der Waals surface area contributed by atoms with Gasteiger partial charge >= 0.3 is 0 Å². The van der Waals surface area contributed by atoms with Crippen molar-refractivity contribution in [3.8, 4) is 33.4 Å². The van der Waals surface area contributed by atoms with Crippen molar-refractivity contribution in [1.82, 2.24) is 0 Å². The molecule has 1 spiro atoms. The standard InChI is InChI=1S/C53H43NO/c1-2-9-35(10-3-1)36-19-24-42(25-20-36)54(43-26-21-37(22-27-43)38-23-28-51-46(32-38)44-11-5-7-16-50(44)55-51)49-15-8-14-48-52(49)45-12-4-6-13-47(45)53(48)33-39-18-17-34-29-40(39)31-41(53)30-34/h1-16,19-28,32,34,39-41H,17-18,29-31,33H2. The van der Waals surface area contributed by atoms with Gasteiger partial charge in [-0.05, 0) is 143 Å². The summed E-state index contributed by atoms with van der Waals surface area (Å²) in [5, 5.41) is 2.32. The highest BCUT2D eigenvalue weighted by molar-refractivity contribution is 6.06. The number of hydrogen-bond donors (Lipinski definition) is 0. The third-order valence-electron chi connectivity index (χ3n) is 14.2. The van der Waals surface area contributed by atoms with Gasteiger partial charge in [0.25, 0.3) is 0 Å². The summed E-state index contributed by atoms with van der Waals surface area (Å²) in [6, 6.07) is 60.8. The average molecular weight is 710 g/mol. The Kier molecular flexibility index (Phi) is 6.91. The van der Waals surface area contributed by atoms with Crippen LogP contribution >= 0.6 is 0 Å². The molecule has 266 valence electrons. The number of fused-ring (bicyclic) bond motifs is 11. The maximum Gasteiger partial charge on any atom is 0.135 e. The Labute approximate surface area is 323 Å². The molecular formula is C53H43NO. The highest BCUT2D eigenvalue weighted by atomic mass is 16.3. The Morgan fingerprint density at radius 1 is 0.491 bits per heavy atom. The van der Waals surface area contributed by atoms with E-state index in [1.807, 2.05) is 6.07 Å². The highest BCUT2D eigenvalue weighted by Crippen LogP contribution is 2.67. The van der Waals surface area contributed by atoms with Crippen molar-refractivity contribution in [2.75, 3.05) is 4.90 Å². The van der Waals surface area contributed by atoms with E-state index in [0.29, 0.717) is 5.92 Å². The van der Waals surface area contributed by atoms with Gasteiger partial charge in [-0.1, -0.05) is 122 Å². The summed E-state index contributed by atoms with van der Waals surface area (Å²) in [6.45, 7) is 0. The van der Waals surface area contributed by atoms with Gasteiger partial charge in [0.15, 0.2) is 0 Å². The van der Waals surface area contributed by atoms with Crippen molar-refractivity contribution in [2.45, 2.75) is 43.9 Å². The van der Waals surface area contributed by atoms with Gasteiger partial charge in [-0.25, -0.2) is 0 Å². The fourth-order valence-corrected chi connectivity index (χ4v) is 11.9. The van der Waals surface area contributed by atoms with Crippen molar-refractivity contribution < 1.29 is 4.42 Å². The molecule has 0 saturated heterocycles. The van der Waals surface area contributed by atoms with E-state index in [9.17, 15) is 0 Å². The Balaban J connectivity index is 1.02. The van der Waals surface area contributed by atoms with Crippen LogP contribution in [-0.4, -0.2) is 0 Å². The molecule has 4 aliphatic carbocycles. The Morgan fingerprint density at radius 2 is 1.16 bits per heavy atom. The second kappa shape index (κ2) is 12.1. The number of rotatable bonds is 5. The number of anilines is 3. The first-order chi connectivity index (χ1) is 27.2. The number of furan rings is 1. The number of benzene rings is 7. The molecule has 3 fully saturated rings. The van der Waals surface area contributed by atoms with Crippen LogP contribution in [0.3, 0.4) is 0 Å². The smallest absolute Gasteiger partial charge is 0.135 e. The van der Waals surface area contributed by atoms with Gasteiger partial charge in [0, 0.05) is 33.1 Å². The molecule has 0 aliphatic heterocycles. The molecule has 7 aromatic carbocycles. The third-order valence-corrected chi connectivity index (χ3v) is 14.2. The van der Waals surface area contributed by atoms with Crippen molar-refractivity contribution in [1.29, 1.82) is 0 Å². The molecule has 0 N–H and O–H groups in total. The van der Waals surface area contributed by atoms with Crippen molar-refractivity contribution in [3.63, 3.8) is 0 Å². The van der Waals surface area contributed by atoms with Gasteiger partial charge in [0.05, 0.1) is 5.69 Å². The van der Waals surface area contributed by atoms with Crippen LogP contribution in [0.5, 0.6) is 0 Å². The maximum absolute atomic E-state index is 6.16. The van der Waals surface area contributed by atoms with E-state index < -0.39 is 0 Å². The van der Waals surface area contributed by atoms with Gasteiger partial charge in [0.1, 0.15) is 11.2 Å². The molecule has 5 atom stereocenters. The van der Waals surface area contributed by atoms with Crippen LogP contribution in [-0.2, 0) is 5.41 Å². The zero-order chi connectivity index (χ0) is 36.1. The first kappa shape index (κ1) is 31.5. The summed E-state index contributed by atoms with van der Waals surface area (Å²) in [6.07, 6.45) is 8.41. The van der Waals surface area contributed by atoms with Gasteiger partial charge in [-0.15, -0.1) is 0 Å². The van der Waals surface area contributed by atoms with Gasteiger partial charge in [0.2, 0.25) is 0 Å². The maximum atomic E-state index is 6.16. The predicted octanol–water partition coefficient (Wildman–Crippen LogP) is 14.5. The van der Waals surface area contributed by atoms with E-state index in [2.05, 4.69) is 163 Å². The van der Waals surface area contributed by atoms with Gasteiger partial charge < -0.3 is 9.32 Å². The van der Waals surface area contributed by atoms with Crippen LogP contribution in [0.15, 0.2) is 168 Å².